The van der Waals surface area contributed by atoms with Crippen LogP contribution in [0.15, 0.2) is 40.8 Å². The second-order valence-corrected chi connectivity index (χ2v) is 6.61. The van der Waals surface area contributed by atoms with Crippen molar-refractivity contribution in [3.05, 3.63) is 41.5 Å². The molecular weight excluding hydrogens is 294 g/mol. The lowest BCUT2D eigenvalue weighted by molar-refractivity contribution is -0.105. The van der Waals surface area contributed by atoms with Crippen LogP contribution in [-0.2, 0) is 19.1 Å². The molecule has 3 N–H and O–H groups in total. The molecule has 1 aromatic carbocycles. The van der Waals surface area contributed by atoms with Gasteiger partial charge in [-0.25, -0.2) is 0 Å². The van der Waals surface area contributed by atoms with E-state index in [1.807, 2.05) is 6.92 Å². The molecule has 21 heavy (non-hydrogen) atoms. The van der Waals surface area contributed by atoms with Gasteiger partial charge in [0.15, 0.2) is 0 Å². The zero-order chi connectivity index (χ0) is 15.6. The molecule has 0 radical (unpaired) electrons. The molecule has 3 atom stereocenters. The molecule has 0 aromatic heterocycles. The summed E-state index contributed by atoms with van der Waals surface area (Å²) in [5.74, 6) is 0. The summed E-state index contributed by atoms with van der Waals surface area (Å²) in [7, 11) is -4.00. The smallest absolute Gasteiger partial charge is 0.297 e. The average molecular weight is 311 g/mol. The highest BCUT2D eigenvalue weighted by Gasteiger charge is 2.34. The van der Waals surface area contributed by atoms with Gasteiger partial charge < -0.3 is 10.8 Å². The van der Waals surface area contributed by atoms with Gasteiger partial charge in [-0.2, -0.15) is 8.42 Å². The number of aliphatic hydroxyl groups is 1. The molecule has 7 heteroatoms. The van der Waals surface area contributed by atoms with Gasteiger partial charge in [0.25, 0.3) is 10.1 Å². The Morgan fingerprint density at radius 3 is 2.52 bits per heavy atom. The molecule has 0 unspecified atom stereocenters. The van der Waals surface area contributed by atoms with E-state index in [1.54, 1.807) is 12.1 Å². The van der Waals surface area contributed by atoms with Gasteiger partial charge >= 0.3 is 0 Å². The molecule has 0 fully saturated rings. The molecule has 2 rings (SSSR count). The first kappa shape index (κ1) is 15.8. The van der Waals surface area contributed by atoms with Crippen molar-refractivity contribution in [2.45, 2.75) is 36.5 Å². The number of hydrogen-bond acceptors (Lipinski definition) is 6. The van der Waals surface area contributed by atoms with Gasteiger partial charge in [0.05, 0.1) is 23.1 Å². The molecule has 6 nitrogen and oxygen atoms in total. The highest BCUT2D eigenvalue weighted by Crippen LogP contribution is 2.24. The summed E-state index contributed by atoms with van der Waals surface area (Å²) in [4.78, 5) is 10.8. The molecule has 0 spiro atoms. The summed E-state index contributed by atoms with van der Waals surface area (Å²) in [5, 5.41) is 9.72. The lowest BCUT2D eigenvalue weighted by atomic mass is 9.91. The van der Waals surface area contributed by atoms with Gasteiger partial charge in [-0.3, -0.25) is 8.98 Å². The van der Waals surface area contributed by atoms with Crippen LogP contribution in [0.4, 0.5) is 0 Å². The summed E-state index contributed by atoms with van der Waals surface area (Å²) >= 11 is 0. The van der Waals surface area contributed by atoms with Crippen LogP contribution in [-0.4, -0.2) is 38.1 Å². The van der Waals surface area contributed by atoms with Crippen molar-refractivity contribution < 1.29 is 22.5 Å². The Kier molecular flexibility index (Phi) is 4.58. The SMILES string of the molecule is Cc1ccc(S(=O)(=O)O[C@@H]2CC(C=O)=C[C@H](O)[C@@H]2N)cc1. The van der Waals surface area contributed by atoms with Crippen molar-refractivity contribution in [3.8, 4) is 0 Å². The normalized spacial score (nSPS) is 26.2. The largest absolute Gasteiger partial charge is 0.387 e. The first-order valence-corrected chi connectivity index (χ1v) is 7.84. The molecule has 1 aliphatic rings. The monoisotopic (exact) mass is 311 g/mol. The summed E-state index contributed by atoms with van der Waals surface area (Å²) in [6, 6.07) is 5.28. The van der Waals surface area contributed by atoms with E-state index in [4.69, 9.17) is 9.92 Å². The third-order valence-corrected chi connectivity index (χ3v) is 4.71. The first-order chi connectivity index (χ1) is 9.83. The zero-order valence-electron chi connectivity index (χ0n) is 11.5. The third kappa shape index (κ3) is 3.56. The molecule has 1 aliphatic carbocycles. The van der Waals surface area contributed by atoms with Crippen LogP contribution in [0.3, 0.4) is 0 Å². The minimum atomic E-state index is -4.00. The maximum Gasteiger partial charge on any atom is 0.297 e. The van der Waals surface area contributed by atoms with E-state index in [9.17, 15) is 18.3 Å². The van der Waals surface area contributed by atoms with E-state index in [0.29, 0.717) is 6.29 Å². The van der Waals surface area contributed by atoms with Crippen molar-refractivity contribution in [1.82, 2.24) is 0 Å². The first-order valence-electron chi connectivity index (χ1n) is 6.43. The Hall–Kier alpha value is -1.54. The second kappa shape index (κ2) is 6.07. The highest BCUT2D eigenvalue weighted by molar-refractivity contribution is 7.86. The fourth-order valence-corrected chi connectivity index (χ4v) is 3.20. The minimum Gasteiger partial charge on any atom is -0.387 e. The minimum absolute atomic E-state index is 0.0111. The molecule has 0 amide bonds. The van der Waals surface area contributed by atoms with Gasteiger partial charge in [-0.1, -0.05) is 17.7 Å². The molecule has 0 saturated heterocycles. The highest BCUT2D eigenvalue weighted by atomic mass is 32.2. The van der Waals surface area contributed by atoms with Crippen LogP contribution in [0.1, 0.15) is 12.0 Å². The van der Waals surface area contributed by atoms with Crippen molar-refractivity contribution >= 4 is 16.4 Å². The number of aldehydes is 1. The molecule has 0 heterocycles. The lowest BCUT2D eigenvalue weighted by Crippen LogP contribution is -2.48. The third-order valence-electron chi connectivity index (χ3n) is 3.36. The Morgan fingerprint density at radius 2 is 1.95 bits per heavy atom. The second-order valence-electron chi connectivity index (χ2n) is 5.03. The van der Waals surface area contributed by atoms with Crippen molar-refractivity contribution in [2.24, 2.45) is 5.73 Å². The van der Waals surface area contributed by atoms with E-state index in [2.05, 4.69) is 0 Å². The van der Waals surface area contributed by atoms with Crippen LogP contribution >= 0.6 is 0 Å². The van der Waals surface area contributed by atoms with Crippen LogP contribution in [0, 0.1) is 6.92 Å². The molecule has 0 aliphatic heterocycles. The maximum atomic E-state index is 12.2. The average Bonchev–Trinajstić information content (AvgIpc) is 2.43. The molecular formula is C14H17NO5S. The number of carbonyl (C=O) groups is 1. The van der Waals surface area contributed by atoms with Crippen LogP contribution < -0.4 is 5.73 Å². The van der Waals surface area contributed by atoms with E-state index in [0.717, 1.165) is 5.56 Å². The summed E-state index contributed by atoms with van der Waals surface area (Å²) in [5.41, 5.74) is 6.94. The quantitative estimate of drug-likeness (QED) is 0.611. The fourth-order valence-electron chi connectivity index (χ4n) is 2.10. The van der Waals surface area contributed by atoms with Gasteiger partial charge in [-0.05, 0) is 30.7 Å². The number of nitrogens with two attached hydrogens (primary N) is 1. The topological polar surface area (TPSA) is 107 Å². The number of rotatable bonds is 4. The number of aryl methyl sites for hydroxylation is 1. The maximum absolute atomic E-state index is 12.2. The van der Waals surface area contributed by atoms with Crippen LogP contribution in [0.25, 0.3) is 0 Å². The van der Waals surface area contributed by atoms with Crippen molar-refractivity contribution in [2.75, 3.05) is 0 Å². The molecule has 0 bridgehead atoms. The Labute approximate surface area is 123 Å². The summed E-state index contributed by atoms with van der Waals surface area (Å²) < 4.78 is 29.5. The Morgan fingerprint density at radius 1 is 1.33 bits per heavy atom. The number of aliphatic hydroxyl groups excluding tert-OH is 1. The van der Waals surface area contributed by atoms with Crippen LogP contribution in [0.2, 0.25) is 0 Å². The van der Waals surface area contributed by atoms with Gasteiger partial charge in [0.2, 0.25) is 0 Å². The number of carbonyl (C=O) groups excluding carboxylic acids is 1. The summed E-state index contributed by atoms with van der Waals surface area (Å²) in [6.07, 6.45) is -0.166. The van der Waals surface area contributed by atoms with Gasteiger partial charge in [0, 0.05) is 6.42 Å². The number of hydrogen-bond donors (Lipinski definition) is 2. The van der Waals surface area contributed by atoms with E-state index >= 15 is 0 Å². The van der Waals surface area contributed by atoms with Gasteiger partial charge in [-0.15, -0.1) is 0 Å². The number of benzene rings is 1. The molecule has 1 aromatic rings. The molecule has 0 saturated carbocycles. The zero-order valence-corrected chi connectivity index (χ0v) is 12.3. The summed E-state index contributed by atoms with van der Waals surface area (Å²) in [6.45, 7) is 1.84. The predicted molar refractivity (Wildman–Crippen MR) is 76.0 cm³/mol. The standard InChI is InChI=1S/C14H17NO5S/c1-9-2-4-11(5-3-9)21(18,19)20-13-7-10(8-16)6-12(17)14(13)15/h2-6,8,12-14,17H,7,15H2,1H3/t12-,13+,14-/m0/s1. The van der Waals surface area contributed by atoms with Crippen LogP contribution in [0.5, 0.6) is 0 Å². The predicted octanol–water partition coefficient (Wildman–Crippen LogP) is 0.286. The van der Waals surface area contributed by atoms with Crippen molar-refractivity contribution in [1.29, 1.82) is 0 Å². The Balaban J connectivity index is 2.22. The lowest BCUT2D eigenvalue weighted by Gasteiger charge is -2.30. The van der Waals surface area contributed by atoms with Gasteiger partial charge in [0.1, 0.15) is 6.29 Å². The van der Waals surface area contributed by atoms with Crippen molar-refractivity contribution in [3.63, 3.8) is 0 Å². The fraction of sp³-hybridized carbons (Fsp3) is 0.357. The Bertz CT molecular complexity index is 650. The van der Waals surface area contributed by atoms with E-state index in [1.165, 1.54) is 18.2 Å². The van der Waals surface area contributed by atoms with E-state index < -0.39 is 28.4 Å². The van der Waals surface area contributed by atoms with E-state index in [-0.39, 0.29) is 16.9 Å². The molecule has 114 valence electrons.